The van der Waals surface area contributed by atoms with Crippen molar-refractivity contribution in [2.45, 2.75) is 32.5 Å². The van der Waals surface area contributed by atoms with Crippen LogP contribution in [0.5, 0.6) is 0 Å². The van der Waals surface area contributed by atoms with Crippen molar-refractivity contribution in [2.24, 2.45) is 0 Å². The zero-order valence-electron chi connectivity index (χ0n) is 15.2. The average molecular weight is 384 g/mol. The number of nitrogens with one attached hydrogen (secondary N) is 3. The topological polar surface area (TPSA) is 142 Å². The lowest BCUT2D eigenvalue weighted by molar-refractivity contribution is -0.138. The van der Waals surface area contributed by atoms with E-state index in [4.69, 9.17) is 5.11 Å². The minimum atomic E-state index is -1.04. The van der Waals surface area contributed by atoms with E-state index in [0.717, 1.165) is 16.5 Å². The molecule has 146 valence electrons. The summed E-state index contributed by atoms with van der Waals surface area (Å²) in [6.07, 6.45) is 3.59. The minimum absolute atomic E-state index is 0.0718. The number of carbonyl (C=O) groups excluding carboxylic acids is 2. The summed E-state index contributed by atoms with van der Waals surface area (Å²) in [4.78, 5) is 38.0. The molecule has 10 nitrogen and oxygen atoms in total. The molecule has 3 rings (SSSR count). The van der Waals surface area contributed by atoms with Crippen molar-refractivity contribution in [3.05, 3.63) is 47.9 Å². The van der Waals surface area contributed by atoms with Crippen molar-refractivity contribution in [1.29, 1.82) is 0 Å². The molecule has 1 atom stereocenters. The summed E-state index contributed by atoms with van der Waals surface area (Å²) in [6.45, 7) is 1.12. The maximum absolute atomic E-state index is 12.6. The molecule has 28 heavy (non-hydrogen) atoms. The predicted octanol–water partition coefficient (Wildman–Crippen LogP) is 0.208. The third-order valence-electron chi connectivity index (χ3n) is 4.12. The van der Waals surface area contributed by atoms with Crippen LogP contribution in [0.1, 0.15) is 18.2 Å². The van der Waals surface area contributed by atoms with Gasteiger partial charge in [-0.25, -0.2) is 4.68 Å². The number of aromatic amines is 1. The van der Waals surface area contributed by atoms with Gasteiger partial charge in [-0.3, -0.25) is 14.4 Å². The maximum atomic E-state index is 12.6. The number of carboxylic acid groups (broad SMARTS) is 1. The molecule has 0 saturated heterocycles. The number of aromatic nitrogens is 4. The number of carbonyl (C=O) groups is 3. The molecule has 10 heteroatoms. The average Bonchev–Trinajstić information content (AvgIpc) is 3.25. The maximum Gasteiger partial charge on any atom is 0.325 e. The number of benzene rings is 1. The van der Waals surface area contributed by atoms with Gasteiger partial charge in [-0.1, -0.05) is 23.4 Å². The van der Waals surface area contributed by atoms with Gasteiger partial charge >= 0.3 is 5.97 Å². The van der Waals surface area contributed by atoms with Crippen molar-refractivity contribution >= 4 is 28.7 Å². The summed E-state index contributed by atoms with van der Waals surface area (Å²) in [5.41, 5.74) is 2.29. The molecule has 0 saturated carbocycles. The summed E-state index contributed by atoms with van der Waals surface area (Å²) >= 11 is 0. The van der Waals surface area contributed by atoms with Crippen LogP contribution in [0.15, 0.2) is 36.7 Å². The second-order valence-corrected chi connectivity index (χ2v) is 6.34. The van der Waals surface area contributed by atoms with Gasteiger partial charge in [-0.05, 0) is 11.6 Å². The number of hydrogen-bond acceptors (Lipinski definition) is 5. The molecule has 0 aliphatic rings. The summed E-state index contributed by atoms with van der Waals surface area (Å²) in [7, 11) is 0. The highest BCUT2D eigenvalue weighted by molar-refractivity contribution is 5.89. The van der Waals surface area contributed by atoms with Gasteiger partial charge in [0.15, 0.2) is 0 Å². The number of H-pyrrole nitrogens is 1. The number of hydrogen-bond donors (Lipinski definition) is 4. The largest absolute Gasteiger partial charge is 0.480 e. The first kappa shape index (κ1) is 19.1. The molecule has 0 radical (unpaired) electrons. The monoisotopic (exact) mass is 384 g/mol. The molecule has 1 unspecified atom stereocenters. The Bertz CT molecular complexity index is 1010. The smallest absolute Gasteiger partial charge is 0.325 e. The van der Waals surface area contributed by atoms with Gasteiger partial charge < -0.3 is 20.7 Å². The van der Waals surface area contributed by atoms with E-state index in [0.29, 0.717) is 12.1 Å². The van der Waals surface area contributed by atoms with Crippen LogP contribution < -0.4 is 10.6 Å². The van der Waals surface area contributed by atoms with Crippen molar-refractivity contribution < 1.29 is 19.5 Å². The Morgan fingerprint density at radius 2 is 2.07 bits per heavy atom. The first-order valence-corrected chi connectivity index (χ1v) is 8.63. The fourth-order valence-corrected chi connectivity index (χ4v) is 2.91. The van der Waals surface area contributed by atoms with E-state index in [2.05, 4.69) is 25.9 Å². The molecule has 0 spiro atoms. The van der Waals surface area contributed by atoms with Gasteiger partial charge in [0, 0.05) is 30.4 Å². The van der Waals surface area contributed by atoms with Crippen molar-refractivity contribution in [1.82, 2.24) is 30.6 Å². The molecule has 0 aliphatic heterocycles. The number of aliphatic carboxylic acids is 1. The van der Waals surface area contributed by atoms with Crippen molar-refractivity contribution in [3.8, 4) is 0 Å². The fourth-order valence-electron chi connectivity index (χ4n) is 2.91. The predicted molar refractivity (Wildman–Crippen MR) is 99.1 cm³/mol. The molecule has 0 fully saturated rings. The Hall–Kier alpha value is -3.69. The summed E-state index contributed by atoms with van der Waals surface area (Å²) in [5, 5.41) is 22.6. The first-order valence-electron chi connectivity index (χ1n) is 8.63. The van der Waals surface area contributed by atoms with Crippen LogP contribution in [0.25, 0.3) is 10.9 Å². The van der Waals surface area contributed by atoms with Gasteiger partial charge in [0.2, 0.25) is 11.8 Å². The molecule has 2 heterocycles. The fraction of sp³-hybridized carbons (Fsp3) is 0.278. The van der Waals surface area contributed by atoms with E-state index in [1.807, 2.05) is 30.5 Å². The molecule has 3 aromatic rings. The normalized spacial score (nSPS) is 11.9. The van der Waals surface area contributed by atoms with Gasteiger partial charge in [0.1, 0.15) is 18.3 Å². The van der Waals surface area contributed by atoms with E-state index in [9.17, 15) is 14.4 Å². The molecule has 0 aliphatic carbocycles. The number of carboxylic acids is 1. The van der Waals surface area contributed by atoms with Gasteiger partial charge in [0.05, 0.1) is 12.7 Å². The zero-order chi connectivity index (χ0) is 20.1. The SMILES string of the molecule is CC(=O)NC(Cc1c[nH]c2ccccc12)C(=O)NCc1cn(CC(=O)O)nn1. The number of nitrogens with zero attached hydrogens (tertiary/aromatic N) is 3. The van der Waals surface area contributed by atoms with E-state index >= 15 is 0 Å². The van der Waals surface area contributed by atoms with Gasteiger partial charge in [-0.2, -0.15) is 0 Å². The Morgan fingerprint density at radius 3 is 2.82 bits per heavy atom. The lowest BCUT2D eigenvalue weighted by Crippen LogP contribution is -2.47. The molecule has 2 amide bonds. The molecule has 4 N–H and O–H groups in total. The Kier molecular flexibility index (Phi) is 5.68. The second-order valence-electron chi connectivity index (χ2n) is 6.34. The standard InChI is InChI=1S/C18H20N6O4/c1-11(25)21-16(6-12-7-19-15-5-3-2-4-14(12)15)18(28)20-8-13-9-24(23-22-13)10-17(26)27/h2-5,7,9,16,19H,6,8,10H2,1H3,(H,20,28)(H,21,25)(H,26,27). The quantitative estimate of drug-likeness (QED) is 0.437. The van der Waals surface area contributed by atoms with E-state index in [-0.39, 0.29) is 24.9 Å². The lowest BCUT2D eigenvalue weighted by atomic mass is 10.0. The molecular weight excluding hydrogens is 364 g/mol. The van der Waals surface area contributed by atoms with Crippen LogP contribution in [-0.4, -0.2) is 48.9 Å². The molecule has 1 aromatic carbocycles. The van der Waals surface area contributed by atoms with E-state index in [1.54, 1.807) is 0 Å². The molecular formula is C18H20N6O4. The first-order chi connectivity index (χ1) is 13.4. The molecule has 2 aromatic heterocycles. The van der Waals surface area contributed by atoms with Gasteiger partial charge in [0.25, 0.3) is 0 Å². The summed E-state index contributed by atoms with van der Waals surface area (Å²) < 4.78 is 1.17. The van der Waals surface area contributed by atoms with Crippen LogP contribution in [0, 0.1) is 0 Å². The number of amides is 2. The lowest BCUT2D eigenvalue weighted by Gasteiger charge is -2.17. The molecule has 0 bridgehead atoms. The Morgan fingerprint density at radius 1 is 1.29 bits per heavy atom. The van der Waals surface area contributed by atoms with Crippen LogP contribution in [0.2, 0.25) is 0 Å². The minimum Gasteiger partial charge on any atom is -0.480 e. The summed E-state index contributed by atoms with van der Waals surface area (Å²) in [5.74, 6) is -1.72. The number of para-hydroxylation sites is 1. The Balaban J connectivity index is 1.67. The van der Waals surface area contributed by atoms with Crippen LogP contribution in [0.3, 0.4) is 0 Å². The van der Waals surface area contributed by atoms with Crippen molar-refractivity contribution in [2.75, 3.05) is 0 Å². The van der Waals surface area contributed by atoms with Crippen LogP contribution >= 0.6 is 0 Å². The highest BCUT2D eigenvalue weighted by atomic mass is 16.4. The number of rotatable bonds is 8. The summed E-state index contributed by atoms with van der Waals surface area (Å²) in [6, 6.07) is 6.95. The third-order valence-corrected chi connectivity index (χ3v) is 4.12. The van der Waals surface area contributed by atoms with E-state index < -0.39 is 12.0 Å². The number of fused-ring (bicyclic) bond motifs is 1. The van der Waals surface area contributed by atoms with Crippen molar-refractivity contribution in [3.63, 3.8) is 0 Å². The van der Waals surface area contributed by atoms with E-state index in [1.165, 1.54) is 17.8 Å². The highest BCUT2D eigenvalue weighted by Gasteiger charge is 2.21. The highest BCUT2D eigenvalue weighted by Crippen LogP contribution is 2.19. The zero-order valence-corrected chi connectivity index (χ0v) is 15.2. The van der Waals surface area contributed by atoms with Gasteiger partial charge in [-0.15, -0.1) is 5.10 Å². The third kappa shape index (κ3) is 4.72. The Labute approximate surface area is 159 Å². The van der Waals surface area contributed by atoms with Crippen LogP contribution in [0.4, 0.5) is 0 Å². The van der Waals surface area contributed by atoms with Crippen LogP contribution in [-0.2, 0) is 33.9 Å². The second kappa shape index (κ2) is 8.33.